The Kier molecular flexibility index (Phi) is 7.57. The number of nitrogens with one attached hydrogen (secondary N) is 3. The van der Waals surface area contributed by atoms with Gasteiger partial charge in [-0.3, -0.25) is 14.9 Å². The van der Waals surface area contributed by atoms with Crippen molar-refractivity contribution in [3.63, 3.8) is 0 Å². The zero-order valence-electron chi connectivity index (χ0n) is 17.4. The van der Waals surface area contributed by atoms with Crippen LogP contribution in [0.15, 0.2) is 24.3 Å². The minimum atomic E-state index is -0.655. The Labute approximate surface area is 180 Å². The Morgan fingerprint density at radius 3 is 2.60 bits per heavy atom. The predicted molar refractivity (Wildman–Crippen MR) is 118 cm³/mol. The maximum atomic E-state index is 12.2. The highest BCUT2D eigenvalue weighted by atomic mass is 32.1. The van der Waals surface area contributed by atoms with Crippen LogP contribution in [0.4, 0.5) is 9.93 Å². The largest absolute Gasteiger partial charge is 0.326 e. The summed E-state index contributed by atoms with van der Waals surface area (Å²) >= 11 is 1.43. The Bertz CT molecular complexity index is 908. The standard InChI is InChI=1S/C22H28N4O3S/c1-3-4-5-6-7-15-8-10-16(11-9-15)19-14(2)30-22(25-19)24-18(27)13-12-17-20(28)26-21(29)23-17/h8-11,17H,3-7,12-13H2,1-2H3,(H,24,25,27)(H2,23,26,28,29)/t17-/m1/s1. The number of thiazole rings is 1. The smallest absolute Gasteiger partial charge is 0.322 e. The van der Waals surface area contributed by atoms with Crippen LogP contribution >= 0.6 is 11.3 Å². The number of hydrogen-bond acceptors (Lipinski definition) is 5. The van der Waals surface area contributed by atoms with Crippen LogP contribution in [0.3, 0.4) is 0 Å². The van der Waals surface area contributed by atoms with Crippen molar-refractivity contribution in [1.29, 1.82) is 0 Å². The molecule has 1 saturated heterocycles. The van der Waals surface area contributed by atoms with E-state index in [1.165, 1.54) is 42.6 Å². The number of urea groups is 1. The normalized spacial score (nSPS) is 15.7. The molecule has 1 atom stereocenters. The number of carbonyl (C=O) groups excluding carboxylic acids is 3. The number of anilines is 1. The highest BCUT2D eigenvalue weighted by Crippen LogP contribution is 2.30. The second-order valence-electron chi connectivity index (χ2n) is 7.53. The van der Waals surface area contributed by atoms with Gasteiger partial charge in [0, 0.05) is 16.9 Å². The molecule has 0 spiro atoms. The van der Waals surface area contributed by atoms with Gasteiger partial charge in [-0.05, 0) is 31.7 Å². The molecule has 1 fully saturated rings. The van der Waals surface area contributed by atoms with Crippen molar-refractivity contribution in [3.8, 4) is 11.3 Å². The van der Waals surface area contributed by atoms with Crippen LogP contribution < -0.4 is 16.0 Å². The van der Waals surface area contributed by atoms with Gasteiger partial charge in [0.25, 0.3) is 5.91 Å². The number of aryl methyl sites for hydroxylation is 2. The van der Waals surface area contributed by atoms with Gasteiger partial charge in [0.05, 0.1) is 5.69 Å². The second-order valence-corrected chi connectivity index (χ2v) is 8.74. The number of hydrogen-bond donors (Lipinski definition) is 3. The van der Waals surface area contributed by atoms with E-state index in [1.807, 2.05) is 6.92 Å². The molecular formula is C22H28N4O3S. The molecule has 0 radical (unpaired) electrons. The van der Waals surface area contributed by atoms with Gasteiger partial charge in [-0.2, -0.15) is 0 Å². The minimum absolute atomic E-state index is 0.124. The highest BCUT2D eigenvalue weighted by Gasteiger charge is 2.29. The summed E-state index contributed by atoms with van der Waals surface area (Å²) in [4.78, 5) is 40.5. The van der Waals surface area contributed by atoms with Crippen LogP contribution in [-0.4, -0.2) is 28.9 Å². The lowest BCUT2D eigenvalue weighted by Crippen LogP contribution is -2.30. The highest BCUT2D eigenvalue weighted by molar-refractivity contribution is 7.16. The fraction of sp³-hybridized carbons (Fsp3) is 0.455. The molecule has 1 aliphatic heterocycles. The summed E-state index contributed by atoms with van der Waals surface area (Å²) in [5, 5.41) is 7.98. The maximum Gasteiger partial charge on any atom is 0.322 e. The fourth-order valence-electron chi connectivity index (χ4n) is 3.42. The monoisotopic (exact) mass is 428 g/mol. The molecule has 160 valence electrons. The SMILES string of the molecule is CCCCCCc1ccc(-c2nc(NC(=O)CC[C@H]3NC(=O)NC3=O)sc2C)cc1. The van der Waals surface area contributed by atoms with E-state index >= 15 is 0 Å². The third-order valence-corrected chi connectivity index (χ3v) is 5.99. The summed E-state index contributed by atoms with van der Waals surface area (Å²) in [5.74, 6) is -0.624. The number of unbranched alkanes of at least 4 members (excludes halogenated alkanes) is 3. The maximum absolute atomic E-state index is 12.2. The molecule has 7 nitrogen and oxygen atoms in total. The second kappa shape index (κ2) is 10.3. The van der Waals surface area contributed by atoms with Gasteiger partial charge in [0.1, 0.15) is 6.04 Å². The van der Waals surface area contributed by atoms with Gasteiger partial charge in [-0.15, -0.1) is 11.3 Å². The lowest BCUT2D eigenvalue weighted by atomic mass is 10.0. The molecule has 0 saturated carbocycles. The molecule has 4 amide bonds. The fourth-order valence-corrected chi connectivity index (χ4v) is 4.27. The molecule has 1 aromatic carbocycles. The van der Waals surface area contributed by atoms with Gasteiger partial charge >= 0.3 is 6.03 Å². The molecule has 30 heavy (non-hydrogen) atoms. The first-order chi connectivity index (χ1) is 14.5. The van der Waals surface area contributed by atoms with E-state index in [9.17, 15) is 14.4 Å². The van der Waals surface area contributed by atoms with E-state index in [0.29, 0.717) is 5.13 Å². The number of benzene rings is 1. The molecule has 8 heteroatoms. The third kappa shape index (κ3) is 5.89. The van der Waals surface area contributed by atoms with Gasteiger partial charge < -0.3 is 10.6 Å². The molecule has 1 aliphatic rings. The van der Waals surface area contributed by atoms with Crippen molar-refractivity contribution in [2.75, 3.05) is 5.32 Å². The zero-order valence-corrected chi connectivity index (χ0v) is 18.2. The van der Waals surface area contributed by atoms with Crippen molar-refractivity contribution in [2.24, 2.45) is 0 Å². The molecular weight excluding hydrogens is 400 g/mol. The first kappa shape index (κ1) is 22.0. The number of nitrogens with zero attached hydrogens (tertiary/aromatic N) is 1. The molecule has 0 aliphatic carbocycles. The van der Waals surface area contributed by atoms with Gasteiger partial charge in [-0.25, -0.2) is 9.78 Å². The predicted octanol–water partition coefficient (Wildman–Crippen LogP) is 4.17. The van der Waals surface area contributed by atoms with Gasteiger partial charge in [0.15, 0.2) is 5.13 Å². The van der Waals surface area contributed by atoms with Crippen molar-refractivity contribution in [3.05, 3.63) is 34.7 Å². The molecule has 2 aromatic rings. The Hall–Kier alpha value is -2.74. The molecule has 3 N–H and O–H groups in total. The third-order valence-electron chi connectivity index (χ3n) is 5.11. The van der Waals surface area contributed by atoms with Gasteiger partial charge in [-0.1, -0.05) is 50.5 Å². The topological polar surface area (TPSA) is 100 Å². The summed E-state index contributed by atoms with van der Waals surface area (Å²) in [6.07, 6.45) is 6.48. The van der Waals surface area contributed by atoms with Crippen LogP contribution in [-0.2, 0) is 16.0 Å². The molecule has 0 unspecified atom stereocenters. The first-order valence-electron chi connectivity index (χ1n) is 10.4. The Morgan fingerprint density at radius 1 is 1.17 bits per heavy atom. The summed E-state index contributed by atoms with van der Waals surface area (Å²) in [6.45, 7) is 4.20. The van der Waals surface area contributed by atoms with E-state index in [2.05, 4.69) is 52.1 Å². The van der Waals surface area contributed by atoms with E-state index < -0.39 is 18.0 Å². The summed E-state index contributed by atoms with van der Waals surface area (Å²) in [5.41, 5.74) is 3.24. The van der Waals surface area contributed by atoms with Gasteiger partial charge in [0.2, 0.25) is 5.91 Å². The van der Waals surface area contributed by atoms with Crippen molar-refractivity contribution in [2.45, 2.75) is 64.8 Å². The molecule has 1 aromatic heterocycles. The first-order valence-corrected chi connectivity index (χ1v) is 11.3. The van der Waals surface area contributed by atoms with Crippen LogP contribution in [0.25, 0.3) is 11.3 Å². The minimum Gasteiger partial charge on any atom is -0.326 e. The van der Waals surface area contributed by atoms with Crippen molar-refractivity contribution in [1.82, 2.24) is 15.6 Å². The average molecular weight is 429 g/mol. The van der Waals surface area contributed by atoms with Crippen LogP contribution in [0, 0.1) is 6.92 Å². The number of rotatable bonds is 10. The molecule has 3 rings (SSSR count). The number of aromatic nitrogens is 1. The van der Waals surface area contributed by atoms with E-state index in [4.69, 9.17) is 0 Å². The molecule has 0 bridgehead atoms. The lowest BCUT2D eigenvalue weighted by molar-refractivity contribution is -0.120. The average Bonchev–Trinajstić information content (AvgIpc) is 3.24. The summed E-state index contributed by atoms with van der Waals surface area (Å²) in [6, 6.07) is 7.31. The Balaban J connectivity index is 1.53. The number of imide groups is 1. The van der Waals surface area contributed by atoms with Crippen LogP contribution in [0.2, 0.25) is 0 Å². The van der Waals surface area contributed by atoms with Crippen molar-refractivity contribution < 1.29 is 14.4 Å². The summed E-state index contributed by atoms with van der Waals surface area (Å²) in [7, 11) is 0. The summed E-state index contributed by atoms with van der Waals surface area (Å²) < 4.78 is 0. The number of amides is 4. The van der Waals surface area contributed by atoms with Crippen LogP contribution in [0.1, 0.15) is 55.9 Å². The van der Waals surface area contributed by atoms with E-state index in [0.717, 1.165) is 22.6 Å². The lowest BCUT2D eigenvalue weighted by Gasteiger charge is -2.06. The van der Waals surface area contributed by atoms with E-state index in [1.54, 1.807) is 0 Å². The Morgan fingerprint density at radius 2 is 1.93 bits per heavy atom. The van der Waals surface area contributed by atoms with Crippen LogP contribution in [0.5, 0.6) is 0 Å². The number of carbonyl (C=O) groups is 3. The molecule has 2 heterocycles. The van der Waals surface area contributed by atoms with E-state index in [-0.39, 0.29) is 18.7 Å². The van der Waals surface area contributed by atoms with Crippen molar-refractivity contribution >= 4 is 34.3 Å². The quantitative estimate of drug-likeness (QED) is 0.391. The zero-order chi connectivity index (χ0) is 21.5.